The van der Waals surface area contributed by atoms with E-state index in [1.165, 1.54) is 24.3 Å². The van der Waals surface area contributed by atoms with Gasteiger partial charge in [0.2, 0.25) is 5.91 Å². The van der Waals surface area contributed by atoms with Crippen molar-refractivity contribution in [2.24, 2.45) is 0 Å². The number of carbonyl (C=O) groups excluding carboxylic acids is 1. The Kier molecular flexibility index (Phi) is 4.91. The highest BCUT2D eigenvalue weighted by atomic mass is 35.5. The summed E-state index contributed by atoms with van der Waals surface area (Å²) in [6.07, 6.45) is 0. The van der Waals surface area contributed by atoms with Crippen molar-refractivity contribution in [2.75, 3.05) is 32.4 Å². The summed E-state index contributed by atoms with van der Waals surface area (Å²) < 4.78 is 24.5. The Hall–Kier alpha value is -1.11. The van der Waals surface area contributed by atoms with Gasteiger partial charge in [-0.25, -0.2) is 8.42 Å². The van der Waals surface area contributed by atoms with Crippen LogP contribution >= 0.6 is 11.6 Å². The molecule has 21 heavy (non-hydrogen) atoms. The number of sulfone groups is 1. The fourth-order valence-electron chi connectivity index (χ4n) is 2.48. The Morgan fingerprint density at radius 1 is 1.29 bits per heavy atom. The zero-order valence-corrected chi connectivity index (χ0v) is 13.7. The van der Waals surface area contributed by atoms with Crippen LogP contribution in [-0.4, -0.2) is 62.6 Å². The monoisotopic (exact) mass is 330 g/mol. The Bertz CT molecular complexity index is 616. The number of benzene rings is 1. The summed E-state index contributed by atoms with van der Waals surface area (Å²) in [5, 5.41) is 0.466. The number of likely N-dealkylation sites (N-methyl/N-ethyl adjacent to an activating group) is 1. The van der Waals surface area contributed by atoms with Gasteiger partial charge in [0, 0.05) is 30.7 Å². The molecule has 0 radical (unpaired) electrons. The summed E-state index contributed by atoms with van der Waals surface area (Å²) in [6, 6.07) is 5.91. The molecule has 0 unspecified atom stereocenters. The molecule has 1 aromatic carbocycles. The van der Waals surface area contributed by atoms with Crippen LogP contribution in [0.25, 0.3) is 0 Å². The lowest BCUT2D eigenvalue weighted by atomic mass is 10.2. The van der Waals surface area contributed by atoms with Gasteiger partial charge >= 0.3 is 0 Å². The number of piperazine rings is 1. The lowest BCUT2D eigenvalue weighted by Gasteiger charge is -2.38. The third-order valence-corrected chi connectivity index (χ3v) is 5.51. The van der Waals surface area contributed by atoms with Crippen LogP contribution in [-0.2, 0) is 14.6 Å². The molecule has 1 aromatic rings. The van der Waals surface area contributed by atoms with Crippen LogP contribution in [0, 0.1) is 0 Å². The number of rotatable bonds is 3. The van der Waals surface area contributed by atoms with E-state index in [9.17, 15) is 13.2 Å². The maximum Gasteiger partial charge on any atom is 0.238 e. The number of hydrogen-bond acceptors (Lipinski definition) is 4. The largest absolute Gasteiger partial charge is 0.337 e. The van der Waals surface area contributed by atoms with Crippen LogP contribution in [0.4, 0.5) is 0 Å². The molecule has 1 aliphatic heterocycles. The average molecular weight is 331 g/mol. The number of amides is 1. The Balaban J connectivity index is 2.09. The van der Waals surface area contributed by atoms with Crippen LogP contribution in [0.5, 0.6) is 0 Å². The molecular formula is C14H19ClN2O3S. The molecule has 0 saturated carbocycles. The van der Waals surface area contributed by atoms with Crippen LogP contribution in [0.1, 0.15) is 6.92 Å². The van der Waals surface area contributed by atoms with Gasteiger partial charge in [0.15, 0.2) is 9.84 Å². The second kappa shape index (κ2) is 6.34. The summed E-state index contributed by atoms with van der Waals surface area (Å²) in [5.74, 6) is -0.839. The molecule has 1 heterocycles. The fraction of sp³-hybridized carbons (Fsp3) is 0.500. The van der Waals surface area contributed by atoms with E-state index in [4.69, 9.17) is 11.6 Å². The van der Waals surface area contributed by atoms with Gasteiger partial charge in [0.25, 0.3) is 0 Å². The van der Waals surface area contributed by atoms with Crippen molar-refractivity contribution in [3.05, 3.63) is 29.3 Å². The predicted octanol–water partition coefficient (Wildman–Crippen LogP) is 1.28. The minimum atomic E-state index is -3.63. The highest BCUT2D eigenvalue weighted by Gasteiger charge is 2.29. The number of halogens is 1. The van der Waals surface area contributed by atoms with Crippen molar-refractivity contribution >= 4 is 27.3 Å². The van der Waals surface area contributed by atoms with E-state index in [0.717, 1.165) is 13.1 Å². The summed E-state index contributed by atoms with van der Waals surface area (Å²) in [4.78, 5) is 16.2. The maximum atomic E-state index is 12.3. The molecule has 7 heteroatoms. The Labute approximate surface area is 130 Å². The van der Waals surface area contributed by atoms with E-state index in [1.54, 1.807) is 4.90 Å². The Morgan fingerprint density at radius 3 is 2.48 bits per heavy atom. The summed E-state index contributed by atoms with van der Waals surface area (Å²) in [6.45, 7) is 4.01. The van der Waals surface area contributed by atoms with Gasteiger partial charge in [-0.3, -0.25) is 4.79 Å². The van der Waals surface area contributed by atoms with Gasteiger partial charge in [-0.15, -0.1) is 0 Å². The van der Waals surface area contributed by atoms with E-state index in [2.05, 4.69) is 4.90 Å². The van der Waals surface area contributed by atoms with Gasteiger partial charge < -0.3 is 9.80 Å². The third-order valence-electron chi connectivity index (χ3n) is 3.64. The minimum Gasteiger partial charge on any atom is -0.337 e. The minimum absolute atomic E-state index is 0.0247. The molecule has 0 spiro atoms. The fourth-order valence-corrected chi connectivity index (χ4v) is 3.82. The molecule has 0 aromatic heterocycles. The molecule has 0 aliphatic carbocycles. The van der Waals surface area contributed by atoms with Crippen molar-refractivity contribution in [2.45, 2.75) is 17.9 Å². The van der Waals surface area contributed by atoms with Gasteiger partial charge in [-0.1, -0.05) is 11.6 Å². The first-order valence-electron chi connectivity index (χ1n) is 6.76. The van der Waals surface area contributed by atoms with E-state index in [1.807, 2.05) is 14.0 Å². The van der Waals surface area contributed by atoms with E-state index in [-0.39, 0.29) is 16.8 Å². The first kappa shape index (κ1) is 16.3. The lowest BCUT2D eigenvalue weighted by Crippen LogP contribution is -2.54. The average Bonchev–Trinajstić information content (AvgIpc) is 2.38. The van der Waals surface area contributed by atoms with Gasteiger partial charge in [-0.05, 0) is 38.2 Å². The third kappa shape index (κ3) is 3.96. The van der Waals surface area contributed by atoms with Crippen LogP contribution in [0.2, 0.25) is 5.02 Å². The van der Waals surface area contributed by atoms with Crippen LogP contribution in [0.15, 0.2) is 29.2 Å². The molecule has 1 saturated heterocycles. The zero-order valence-electron chi connectivity index (χ0n) is 12.1. The summed E-state index contributed by atoms with van der Waals surface area (Å²) >= 11 is 5.75. The molecule has 0 N–H and O–H groups in total. The second-order valence-electron chi connectivity index (χ2n) is 5.41. The molecule has 1 fully saturated rings. The van der Waals surface area contributed by atoms with Crippen LogP contribution in [0.3, 0.4) is 0 Å². The van der Waals surface area contributed by atoms with Crippen molar-refractivity contribution in [3.8, 4) is 0 Å². The molecule has 1 atom stereocenters. The molecule has 5 nitrogen and oxygen atoms in total. The van der Waals surface area contributed by atoms with Crippen molar-refractivity contribution in [3.63, 3.8) is 0 Å². The van der Waals surface area contributed by atoms with Gasteiger partial charge in [0.1, 0.15) is 5.75 Å². The van der Waals surface area contributed by atoms with E-state index < -0.39 is 15.6 Å². The first-order chi connectivity index (χ1) is 9.79. The van der Waals surface area contributed by atoms with Gasteiger partial charge in [0.05, 0.1) is 4.90 Å². The lowest BCUT2D eigenvalue weighted by molar-refractivity contribution is -0.132. The SMILES string of the molecule is C[C@@H]1CN(C)CCN1C(=O)CS(=O)(=O)c1ccc(Cl)cc1. The van der Waals surface area contributed by atoms with Crippen molar-refractivity contribution in [1.82, 2.24) is 9.80 Å². The number of nitrogens with zero attached hydrogens (tertiary/aromatic N) is 2. The predicted molar refractivity (Wildman–Crippen MR) is 82.2 cm³/mol. The molecule has 1 amide bonds. The summed E-state index contributed by atoms with van der Waals surface area (Å²) in [7, 11) is -1.64. The van der Waals surface area contributed by atoms with Crippen molar-refractivity contribution < 1.29 is 13.2 Å². The molecule has 116 valence electrons. The Morgan fingerprint density at radius 2 is 1.90 bits per heavy atom. The topological polar surface area (TPSA) is 57.7 Å². The number of hydrogen-bond donors (Lipinski definition) is 0. The number of carbonyl (C=O) groups is 1. The summed E-state index contributed by atoms with van der Waals surface area (Å²) in [5.41, 5.74) is 0. The second-order valence-corrected chi connectivity index (χ2v) is 7.84. The smallest absolute Gasteiger partial charge is 0.238 e. The van der Waals surface area contributed by atoms with Gasteiger partial charge in [-0.2, -0.15) is 0 Å². The quantitative estimate of drug-likeness (QED) is 0.837. The highest BCUT2D eigenvalue weighted by Crippen LogP contribution is 2.17. The van der Waals surface area contributed by atoms with Crippen LogP contribution < -0.4 is 0 Å². The normalized spacial score (nSPS) is 20.5. The van der Waals surface area contributed by atoms with E-state index in [0.29, 0.717) is 11.6 Å². The molecular weight excluding hydrogens is 312 g/mol. The highest BCUT2D eigenvalue weighted by molar-refractivity contribution is 7.92. The molecule has 0 bridgehead atoms. The molecule has 2 rings (SSSR count). The standard InChI is InChI=1S/C14H19ClN2O3S/c1-11-9-16(2)7-8-17(11)14(18)10-21(19,20)13-5-3-12(15)4-6-13/h3-6,11H,7-10H2,1-2H3/t11-/m1/s1. The maximum absolute atomic E-state index is 12.3. The molecule has 1 aliphatic rings. The zero-order chi connectivity index (χ0) is 15.6. The van der Waals surface area contributed by atoms with E-state index >= 15 is 0 Å². The van der Waals surface area contributed by atoms with Crippen molar-refractivity contribution in [1.29, 1.82) is 0 Å². The first-order valence-corrected chi connectivity index (χ1v) is 8.79.